The third kappa shape index (κ3) is 5.66. The zero-order valence-electron chi connectivity index (χ0n) is 18.2. The number of fused-ring (bicyclic) bond motifs is 1. The van der Waals surface area contributed by atoms with E-state index < -0.39 is 10.1 Å². The number of hydrogen-bond acceptors (Lipinski definition) is 9. The molecule has 0 saturated carbocycles. The molecule has 34 heavy (non-hydrogen) atoms. The molecule has 0 amide bonds. The third-order valence-electron chi connectivity index (χ3n) is 4.83. The van der Waals surface area contributed by atoms with Gasteiger partial charge in [0.25, 0.3) is 0 Å². The van der Waals surface area contributed by atoms with Crippen LogP contribution in [-0.4, -0.2) is 23.2 Å². The van der Waals surface area contributed by atoms with E-state index in [1.165, 1.54) is 24.3 Å². The molecule has 0 radical (unpaired) electrons. The van der Waals surface area contributed by atoms with Crippen LogP contribution in [0.4, 0.5) is 22.7 Å². The molecule has 11 heteroatoms. The van der Waals surface area contributed by atoms with Crippen LogP contribution in [0.5, 0.6) is 11.5 Å². The maximum Gasteiger partial charge on any atom is 1.00 e. The van der Waals surface area contributed by atoms with Gasteiger partial charge in [0.05, 0.1) is 16.3 Å². The van der Waals surface area contributed by atoms with Gasteiger partial charge in [-0.15, -0.1) is 10.2 Å². The van der Waals surface area contributed by atoms with E-state index in [9.17, 15) is 23.2 Å². The van der Waals surface area contributed by atoms with Crippen molar-refractivity contribution < 1.29 is 52.7 Å². The number of nitrogens with zero attached hydrogens (tertiary/aromatic N) is 4. The van der Waals surface area contributed by atoms with Crippen LogP contribution in [0.2, 0.25) is 0 Å². The first kappa shape index (κ1) is 25.5. The predicted molar refractivity (Wildman–Crippen MR) is 121 cm³/mol. The average molecular weight is 484 g/mol. The van der Waals surface area contributed by atoms with Gasteiger partial charge in [0.2, 0.25) is 0 Å². The van der Waals surface area contributed by atoms with E-state index in [2.05, 4.69) is 20.5 Å². The van der Waals surface area contributed by atoms with Gasteiger partial charge in [-0.25, -0.2) is 8.42 Å². The summed E-state index contributed by atoms with van der Waals surface area (Å²) in [5, 5.41) is 38.5. The van der Waals surface area contributed by atoms with Crippen molar-refractivity contribution in [3.05, 3.63) is 78.4 Å². The van der Waals surface area contributed by atoms with E-state index in [0.29, 0.717) is 16.9 Å². The van der Waals surface area contributed by atoms with Gasteiger partial charge in [0.15, 0.2) is 0 Å². The minimum absolute atomic E-state index is 0. The fourth-order valence-electron chi connectivity index (χ4n) is 3.10. The van der Waals surface area contributed by atoms with Crippen molar-refractivity contribution >= 4 is 43.6 Å². The van der Waals surface area contributed by atoms with Crippen LogP contribution in [0.15, 0.2) is 98.1 Å². The molecule has 0 aliphatic heterocycles. The van der Waals surface area contributed by atoms with Gasteiger partial charge < -0.3 is 14.8 Å². The maximum atomic E-state index is 11.0. The van der Waals surface area contributed by atoms with Gasteiger partial charge in [-0.3, -0.25) is 0 Å². The van der Waals surface area contributed by atoms with Crippen molar-refractivity contribution in [2.75, 3.05) is 0 Å². The second-order valence-corrected chi connectivity index (χ2v) is 8.51. The normalized spacial score (nSPS) is 11.8. The number of phenolic OH excluding ortho intramolecular Hbond substituents is 2. The Morgan fingerprint density at radius 1 is 0.765 bits per heavy atom. The number of aryl methyl sites for hydroxylation is 1. The van der Waals surface area contributed by atoms with Crippen molar-refractivity contribution in [3.63, 3.8) is 0 Å². The summed E-state index contributed by atoms with van der Waals surface area (Å²) in [6, 6.07) is 18.7. The van der Waals surface area contributed by atoms with Crippen molar-refractivity contribution in [3.8, 4) is 11.5 Å². The monoisotopic (exact) mass is 484 g/mol. The molecular weight excluding hydrogens is 467 g/mol. The van der Waals surface area contributed by atoms with Gasteiger partial charge >= 0.3 is 29.6 Å². The van der Waals surface area contributed by atoms with E-state index in [1.54, 1.807) is 19.1 Å². The van der Waals surface area contributed by atoms with Crippen LogP contribution < -0.4 is 29.6 Å². The number of rotatable bonds is 5. The standard InChI is InChI=1S/C23H18N4O5S.Na/c1-14-12-20(26-27-23-18-5-3-2-4-15(18)6-11-21(23)28)22(29)13-19(14)25-24-16-7-9-17(10-8-16)33(30,31)32;/h2-13,28-29H,1H3,(H,30,31,32);/q;+1/p-1. The molecular formula is C23H17N4NaO5S. The van der Waals surface area contributed by atoms with Gasteiger partial charge in [0.1, 0.15) is 33.0 Å². The zero-order chi connectivity index (χ0) is 23.6. The summed E-state index contributed by atoms with van der Waals surface area (Å²) in [5.74, 6) is -0.222. The maximum absolute atomic E-state index is 11.0. The van der Waals surface area contributed by atoms with Crippen LogP contribution in [0.25, 0.3) is 10.8 Å². The summed E-state index contributed by atoms with van der Waals surface area (Å²) in [7, 11) is -4.53. The Labute approximate surface area is 217 Å². The van der Waals surface area contributed by atoms with Gasteiger partial charge in [0, 0.05) is 11.5 Å². The van der Waals surface area contributed by atoms with E-state index in [1.807, 2.05) is 24.3 Å². The Bertz CT molecular complexity index is 1520. The molecule has 4 aromatic carbocycles. The predicted octanol–water partition coefficient (Wildman–Crippen LogP) is 3.30. The van der Waals surface area contributed by atoms with Crippen molar-refractivity contribution in [2.24, 2.45) is 20.5 Å². The van der Waals surface area contributed by atoms with Gasteiger partial charge in [-0.2, -0.15) is 10.2 Å². The largest absolute Gasteiger partial charge is 1.00 e. The van der Waals surface area contributed by atoms with E-state index in [-0.39, 0.29) is 57.3 Å². The number of azo groups is 2. The molecule has 0 unspecified atom stereocenters. The average Bonchev–Trinajstić information content (AvgIpc) is 2.79. The fourth-order valence-corrected chi connectivity index (χ4v) is 3.57. The summed E-state index contributed by atoms with van der Waals surface area (Å²) in [6.07, 6.45) is 0. The van der Waals surface area contributed by atoms with Crippen LogP contribution >= 0.6 is 0 Å². The van der Waals surface area contributed by atoms with Crippen LogP contribution in [-0.2, 0) is 10.1 Å². The van der Waals surface area contributed by atoms with Crippen LogP contribution in [0.3, 0.4) is 0 Å². The Morgan fingerprint density at radius 2 is 1.44 bits per heavy atom. The molecule has 2 N–H and O–H groups in total. The topological polar surface area (TPSA) is 147 Å². The van der Waals surface area contributed by atoms with Crippen LogP contribution in [0, 0.1) is 6.92 Å². The molecule has 0 aliphatic rings. The molecule has 0 atom stereocenters. The van der Waals surface area contributed by atoms with Crippen molar-refractivity contribution in [1.82, 2.24) is 0 Å². The summed E-state index contributed by atoms with van der Waals surface area (Å²) < 4.78 is 33.0. The number of aromatic hydroxyl groups is 2. The third-order valence-corrected chi connectivity index (χ3v) is 5.68. The first-order chi connectivity index (χ1) is 15.7. The first-order valence-corrected chi connectivity index (χ1v) is 11.1. The van der Waals surface area contributed by atoms with E-state index in [4.69, 9.17) is 0 Å². The molecule has 4 rings (SSSR count). The van der Waals surface area contributed by atoms with Crippen LogP contribution in [0.1, 0.15) is 5.56 Å². The van der Waals surface area contributed by atoms with Crippen molar-refractivity contribution in [2.45, 2.75) is 11.8 Å². The molecule has 0 aromatic heterocycles. The molecule has 166 valence electrons. The summed E-state index contributed by atoms with van der Waals surface area (Å²) in [5.41, 5.74) is 1.81. The Hall–Kier alpha value is -3.15. The molecule has 9 nitrogen and oxygen atoms in total. The molecule has 0 saturated heterocycles. The molecule has 0 fully saturated rings. The first-order valence-electron chi connectivity index (χ1n) is 9.66. The number of hydrogen-bond donors (Lipinski definition) is 2. The summed E-state index contributed by atoms with van der Waals surface area (Å²) in [6.45, 7) is 1.75. The second kappa shape index (κ2) is 10.4. The van der Waals surface area contributed by atoms with E-state index in [0.717, 1.165) is 22.9 Å². The molecule has 4 aromatic rings. The minimum atomic E-state index is -4.53. The fraction of sp³-hybridized carbons (Fsp3) is 0.0435. The number of phenols is 2. The smallest absolute Gasteiger partial charge is 0.744 e. The summed E-state index contributed by atoms with van der Waals surface area (Å²) >= 11 is 0. The Kier molecular flexibility index (Phi) is 7.80. The Morgan fingerprint density at radius 3 is 2.15 bits per heavy atom. The van der Waals surface area contributed by atoms with Crippen molar-refractivity contribution in [1.29, 1.82) is 0 Å². The quantitative estimate of drug-likeness (QED) is 0.253. The molecule has 0 spiro atoms. The SMILES string of the molecule is Cc1cc(N=Nc2c(O)ccc3ccccc23)c(O)cc1N=Nc1ccc(S(=O)(=O)[O-])cc1.[Na+]. The van der Waals surface area contributed by atoms with Gasteiger partial charge in [-0.05, 0) is 54.3 Å². The van der Waals surface area contributed by atoms with Gasteiger partial charge in [-0.1, -0.05) is 30.3 Å². The second-order valence-electron chi connectivity index (χ2n) is 7.13. The number of benzene rings is 4. The molecule has 0 heterocycles. The Balaban J connectivity index is 0.00000324. The minimum Gasteiger partial charge on any atom is -0.744 e. The molecule has 0 aliphatic carbocycles. The zero-order valence-corrected chi connectivity index (χ0v) is 21.1. The van der Waals surface area contributed by atoms with E-state index >= 15 is 0 Å². The molecule has 0 bridgehead atoms. The summed E-state index contributed by atoms with van der Waals surface area (Å²) in [4.78, 5) is -0.359.